The highest BCUT2D eigenvalue weighted by atomic mass is 16.7. The molecule has 0 saturated carbocycles. The lowest BCUT2D eigenvalue weighted by Gasteiger charge is -2.27. The molecule has 0 aromatic heterocycles. The molecule has 1 rings (SSSR count). The van der Waals surface area contributed by atoms with Crippen molar-refractivity contribution in [2.75, 3.05) is 13.2 Å². The molecule has 3 nitrogen and oxygen atoms in total. The van der Waals surface area contributed by atoms with Crippen LogP contribution in [0.25, 0.3) is 0 Å². The second-order valence-electron chi connectivity index (χ2n) is 4.73. The van der Waals surface area contributed by atoms with Crippen molar-refractivity contribution >= 4 is 0 Å². The van der Waals surface area contributed by atoms with Crippen molar-refractivity contribution in [3.8, 4) is 0 Å². The van der Waals surface area contributed by atoms with E-state index in [1.807, 2.05) is 6.92 Å². The van der Waals surface area contributed by atoms with E-state index in [9.17, 15) is 0 Å². The summed E-state index contributed by atoms with van der Waals surface area (Å²) in [7, 11) is 0. The van der Waals surface area contributed by atoms with Crippen molar-refractivity contribution in [3.05, 3.63) is 0 Å². The summed E-state index contributed by atoms with van der Waals surface area (Å²) in [5.41, 5.74) is -0.523. The van der Waals surface area contributed by atoms with Crippen molar-refractivity contribution in [2.24, 2.45) is 5.41 Å². The van der Waals surface area contributed by atoms with Crippen molar-refractivity contribution < 1.29 is 14.6 Å². The van der Waals surface area contributed by atoms with Crippen LogP contribution in [-0.4, -0.2) is 30.2 Å². The molecule has 72 valence electrons. The zero-order valence-corrected chi connectivity index (χ0v) is 8.26. The fourth-order valence-electron chi connectivity index (χ4n) is 1.09. The number of ether oxygens (including phenoxy) is 2. The first kappa shape index (κ1) is 9.96. The average Bonchev–Trinajstić information content (AvgIpc) is 2.32. The van der Waals surface area contributed by atoms with Gasteiger partial charge in [0.2, 0.25) is 0 Å². The van der Waals surface area contributed by atoms with E-state index in [-0.39, 0.29) is 18.3 Å². The zero-order chi connectivity index (χ0) is 9.41. The van der Waals surface area contributed by atoms with Gasteiger partial charge in [0.05, 0.1) is 13.2 Å². The highest BCUT2D eigenvalue weighted by molar-refractivity contribution is 4.83. The molecule has 0 aliphatic carbocycles. The van der Waals surface area contributed by atoms with Crippen LogP contribution < -0.4 is 0 Å². The van der Waals surface area contributed by atoms with Gasteiger partial charge in [-0.1, -0.05) is 20.8 Å². The maximum Gasteiger partial charge on any atom is 0.163 e. The Bertz CT molecular complexity index is 162. The Morgan fingerprint density at radius 3 is 2.33 bits per heavy atom. The highest BCUT2D eigenvalue weighted by Crippen LogP contribution is 2.33. The van der Waals surface area contributed by atoms with Gasteiger partial charge in [0.1, 0.15) is 5.60 Å². The third kappa shape index (κ3) is 1.97. The second kappa shape index (κ2) is 2.98. The van der Waals surface area contributed by atoms with E-state index < -0.39 is 5.60 Å². The third-order valence-electron chi connectivity index (χ3n) is 1.97. The number of rotatable bonds is 1. The van der Waals surface area contributed by atoms with Crippen LogP contribution in [0.1, 0.15) is 27.7 Å². The topological polar surface area (TPSA) is 38.7 Å². The van der Waals surface area contributed by atoms with Crippen LogP contribution in [0.4, 0.5) is 0 Å². The molecule has 0 unspecified atom stereocenters. The summed E-state index contributed by atoms with van der Waals surface area (Å²) >= 11 is 0. The van der Waals surface area contributed by atoms with Gasteiger partial charge < -0.3 is 14.6 Å². The molecule has 1 fully saturated rings. The van der Waals surface area contributed by atoms with Crippen LogP contribution in [0.15, 0.2) is 0 Å². The van der Waals surface area contributed by atoms with Crippen LogP contribution in [0.5, 0.6) is 0 Å². The summed E-state index contributed by atoms with van der Waals surface area (Å²) in [6.07, 6.45) is -0.199. The van der Waals surface area contributed by atoms with Crippen molar-refractivity contribution in [2.45, 2.75) is 39.6 Å². The molecule has 0 spiro atoms. The first-order chi connectivity index (χ1) is 5.37. The Morgan fingerprint density at radius 2 is 2.08 bits per heavy atom. The summed E-state index contributed by atoms with van der Waals surface area (Å²) in [4.78, 5) is 0. The molecule has 0 radical (unpaired) electrons. The van der Waals surface area contributed by atoms with Crippen molar-refractivity contribution in [1.82, 2.24) is 0 Å². The molecule has 1 saturated heterocycles. The summed E-state index contributed by atoms with van der Waals surface area (Å²) in [6.45, 7) is 8.52. The first-order valence-corrected chi connectivity index (χ1v) is 4.28. The van der Waals surface area contributed by atoms with E-state index in [2.05, 4.69) is 20.8 Å². The maximum absolute atomic E-state index is 9.00. The van der Waals surface area contributed by atoms with Gasteiger partial charge in [0.25, 0.3) is 0 Å². The van der Waals surface area contributed by atoms with E-state index in [4.69, 9.17) is 14.6 Å². The van der Waals surface area contributed by atoms with E-state index in [0.717, 1.165) is 0 Å². The van der Waals surface area contributed by atoms with Crippen molar-refractivity contribution in [3.63, 3.8) is 0 Å². The predicted octanol–water partition coefficient (Wildman–Crippen LogP) is 1.16. The normalized spacial score (nSPS) is 37.2. The lowest BCUT2D eigenvalue weighted by Crippen LogP contribution is -2.35. The van der Waals surface area contributed by atoms with Gasteiger partial charge in [0.15, 0.2) is 6.29 Å². The quantitative estimate of drug-likeness (QED) is 0.648. The molecule has 1 heterocycles. The standard InChI is InChI=1S/C9H18O3/c1-8(2,3)7-11-6-9(4,5-10)12-7/h7,10H,5-6H2,1-4H3/t7-,9+/m0/s1. The van der Waals surface area contributed by atoms with E-state index >= 15 is 0 Å². The molecular formula is C9H18O3. The van der Waals surface area contributed by atoms with E-state index in [1.54, 1.807) is 0 Å². The molecule has 0 aromatic carbocycles. The van der Waals surface area contributed by atoms with Gasteiger partial charge >= 0.3 is 0 Å². The first-order valence-electron chi connectivity index (χ1n) is 4.28. The molecule has 12 heavy (non-hydrogen) atoms. The number of aliphatic hydroxyl groups excluding tert-OH is 1. The molecule has 1 aliphatic rings. The van der Waals surface area contributed by atoms with Gasteiger partial charge in [-0.15, -0.1) is 0 Å². The van der Waals surface area contributed by atoms with Gasteiger partial charge in [-0.05, 0) is 6.92 Å². The van der Waals surface area contributed by atoms with Crippen LogP contribution in [0.3, 0.4) is 0 Å². The average molecular weight is 174 g/mol. The van der Waals surface area contributed by atoms with Gasteiger partial charge in [0, 0.05) is 5.41 Å². The molecule has 1 aliphatic heterocycles. The fraction of sp³-hybridized carbons (Fsp3) is 1.00. The molecule has 0 amide bonds. The van der Waals surface area contributed by atoms with E-state index in [1.165, 1.54) is 0 Å². The van der Waals surface area contributed by atoms with Crippen LogP contribution in [0.2, 0.25) is 0 Å². The third-order valence-corrected chi connectivity index (χ3v) is 1.97. The lowest BCUT2D eigenvalue weighted by molar-refractivity contribution is -0.149. The number of aliphatic hydroxyl groups is 1. The fourth-order valence-corrected chi connectivity index (χ4v) is 1.09. The van der Waals surface area contributed by atoms with Gasteiger partial charge in [-0.25, -0.2) is 0 Å². The smallest absolute Gasteiger partial charge is 0.163 e. The summed E-state index contributed by atoms with van der Waals surface area (Å²) in [5, 5.41) is 9.00. The SMILES string of the molecule is CC(C)(C)[C@H]1OC[C@@](C)(CO)O1. The monoisotopic (exact) mass is 174 g/mol. The van der Waals surface area contributed by atoms with Crippen LogP contribution in [-0.2, 0) is 9.47 Å². The van der Waals surface area contributed by atoms with Crippen LogP contribution in [0, 0.1) is 5.41 Å². The Kier molecular flexibility index (Phi) is 2.47. The minimum Gasteiger partial charge on any atom is -0.393 e. The lowest BCUT2D eigenvalue weighted by atomic mass is 9.96. The van der Waals surface area contributed by atoms with Crippen LogP contribution >= 0.6 is 0 Å². The number of hydrogen-bond donors (Lipinski definition) is 1. The molecule has 3 heteroatoms. The Balaban J connectivity index is 2.57. The highest BCUT2D eigenvalue weighted by Gasteiger charge is 2.41. The zero-order valence-electron chi connectivity index (χ0n) is 8.26. The van der Waals surface area contributed by atoms with E-state index in [0.29, 0.717) is 6.61 Å². The Hall–Kier alpha value is -0.120. The molecular weight excluding hydrogens is 156 g/mol. The molecule has 1 N–H and O–H groups in total. The maximum atomic E-state index is 9.00. The summed E-state index contributed by atoms with van der Waals surface area (Å²) in [6, 6.07) is 0. The van der Waals surface area contributed by atoms with Crippen molar-refractivity contribution in [1.29, 1.82) is 0 Å². The minimum absolute atomic E-state index is 0.0135. The minimum atomic E-state index is -0.502. The summed E-state index contributed by atoms with van der Waals surface area (Å²) < 4.78 is 11.0. The summed E-state index contributed by atoms with van der Waals surface area (Å²) in [5.74, 6) is 0. The number of hydrogen-bond acceptors (Lipinski definition) is 3. The van der Waals surface area contributed by atoms with Gasteiger partial charge in [-0.2, -0.15) is 0 Å². The molecule has 0 bridgehead atoms. The Labute approximate surface area is 73.7 Å². The second-order valence-corrected chi connectivity index (χ2v) is 4.73. The predicted molar refractivity (Wildman–Crippen MR) is 45.8 cm³/mol. The molecule has 2 atom stereocenters. The van der Waals surface area contributed by atoms with Gasteiger partial charge in [-0.3, -0.25) is 0 Å². The molecule has 0 aromatic rings. The largest absolute Gasteiger partial charge is 0.393 e. The Morgan fingerprint density at radius 1 is 1.50 bits per heavy atom.